The van der Waals surface area contributed by atoms with Crippen molar-refractivity contribution >= 4 is 5.91 Å². The molecule has 2 aromatic rings. The molecule has 1 unspecified atom stereocenters. The van der Waals surface area contributed by atoms with Crippen LogP contribution in [0, 0.1) is 13.8 Å². The third kappa shape index (κ3) is 5.01. The maximum atomic E-state index is 12.3. The summed E-state index contributed by atoms with van der Waals surface area (Å²) >= 11 is 0. The number of methoxy groups -OCH3 is 1. The lowest BCUT2D eigenvalue weighted by Gasteiger charge is -2.21. The maximum Gasteiger partial charge on any atom is 0.258 e. The van der Waals surface area contributed by atoms with Crippen molar-refractivity contribution in [1.29, 1.82) is 0 Å². The van der Waals surface area contributed by atoms with Gasteiger partial charge in [0.25, 0.3) is 5.91 Å². The van der Waals surface area contributed by atoms with Gasteiger partial charge in [0.2, 0.25) is 0 Å². The summed E-state index contributed by atoms with van der Waals surface area (Å²) in [6.07, 6.45) is 0. The van der Waals surface area contributed by atoms with Crippen molar-refractivity contribution in [3.63, 3.8) is 0 Å². The molecule has 0 fully saturated rings. The van der Waals surface area contributed by atoms with Crippen molar-refractivity contribution in [2.75, 3.05) is 13.7 Å². The summed E-state index contributed by atoms with van der Waals surface area (Å²) in [6.45, 7) is 10.3. The Kier molecular flexibility index (Phi) is 6.67. The van der Waals surface area contributed by atoms with Crippen LogP contribution in [0.2, 0.25) is 0 Å². The highest BCUT2D eigenvalue weighted by Gasteiger charge is 2.17. The van der Waals surface area contributed by atoms with E-state index in [9.17, 15) is 4.79 Å². The molecular formula is C22H29NO3. The van der Waals surface area contributed by atoms with Gasteiger partial charge in [0.1, 0.15) is 11.5 Å². The van der Waals surface area contributed by atoms with Crippen molar-refractivity contribution in [3.05, 3.63) is 58.7 Å². The molecule has 0 saturated carbocycles. The molecule has 1 N–H and O–H groups in total. The van der Waals surface area contributed by atoms with Gasteiger partial charge in [-0.15, -0.1) is 0 Å². The predicted octanol–water partition coefficient (Wildman–Crippen LogP) is 4.69. The van der Waals surface area contributed by atoms with Crippen LogP contribution in [0.15, 0.2) is 36.4 Å². The highest BCUT2D eigenvalue weighted by molar-refractivity contribution is 5.78. The Bertz CT molecular complexity index is 768. The molecule has 0 bridgehead atoms. The Hall–Kier alpha value is -2.49. The molecule has 4 nitrogen and oxygen atoms in total. The van der Waals surface area contributed by atoms with E-state index >= 15 is 0 Å². The van der Waals surface area contributed by atoms with Gasteiger partial charge in [0.05, 0.1) is 13.2 Å². The standard InChI is InChI=1S/C22H29NO3/c1-14(2)19-12-20(16(4)11-21(19)25-6)17(5)23-22(24)13-26-18-9-7-8-15(3)10-18/h7-12,14,17H,13H2,1-6H3,(H,23,24). The number of carbonyl (C=O) groups excluding carboxylic acids is 1. The molecule has 0 spiro atoms. The molecule has 1 amide bonds. The Morgan fingerprint density at radius 1 is 1.08 bits per heavy atom. The van der Waals surface area contributed by atoms with Crippen molar-refractivity contribution in [3.8, 4) is 11.5 Å². The van der Waals surface area contributed by atoms with Gasteiger partial charge in [0.15, 0.2) is 6.61 Å². The maximum absolute atomic E-state index is 12.3. The van der Waals surface area contributed by atoms with Crippen LogP contribution in [0.3, 0.4) is 0 Å². The quantitative estimate of drug-likeness (QED) is 0.784. The fraction of sp³-hybridized carbons (Fsp3) is 0.409. The van der Waals surface area contributed by atoms with E-state index in [1.54, 1.807) is 7.11 Å². The first kappa shape index (κ1) is 19.8. The molecular weight excluding hydrogens is 326 g/mol. The van der Waals surface area contributed by atoms with Gasteiger partial charge in [-0.1, -0.05) is 26.0 Å². The smallest absolute Gasteiger partial charge is 0.258 e. The Morgan fingerprint density at radius 3 is 2.42 bits per heavy atom. The van der Waals surface area contributed by atoms with Gasteiger partial charge in [0, 0.05) is 0 Å². The van der Waals surface area contributed by atoms with E-state index in [1.165, 1.54) is 0 Å². The summed E-state index contributed by atoms with van der Waals surface area (Å²) in [4.78, 5) is 12.3. The molecule has 0 aliphatic heterocycles. The zero-order valence-electron chi connectivity index (χ0n) is 16.6. The van der Waals surface area contributed by atoms with Gasteiger partial charge < -0.3 is 14.8 Å². The van der Waals surface area contributed by atoms with Crippen LogP contribution < -0.4 is 14.8 Å². The Morgan fingerprint density at radius 2 is 1.81 bits per heavy atom. The lowest BCUT2D eigenvalue weighted by Crippen LogP contribution is -2.31. The van der Waals surface area contributed by atoms with Crippen LogP contribution in [-0.4, -0.2) is 19.6 Å². The zero-order chi connectivity index (χ0) is 19.3. The Labute approximate surface area is 156 Å². The Balaban J connectivity index is 2.05. The van der Waals surface area contributed by atoms with Gasteiger partial charge >= 0.3 is 0 Å². The van der Waals surface area contributed by atoms with Gasteiger partial charge in [-0.25, -0.2) is 0 Å². The summed E-state index contributed by atoms with van der Waals surface area (Å²) in [5.74, 6) is 1.80. The van der Waals surface area contributed by atoms with E-state index in [2.05, 4.69) is 25.2 Å². The minimum Gasteiger partial charge on any atom is -0.496 e. The fourth-order valence-electron chi connectivity index (χ4n) is 3.03. The largest absolute Gasteiger partial charge is 0.496 e. The van der Waals surface area contributed by atoms with Crippen LogP contribution in [0.4, 0.5) is 0 Å². The molecule has 0 aliphatic rings. The first-order chi connectivity index (χ1) is 12.3. The molecule has 2 aromatic carbocycles. The van der Waals surface area contributed by atoms with E-state index in [0.717, 1.165) is 28.0 Å². The van der Waals surface area contributed by atoms with E-state index in [1.807, 2.05) is 51.1 Å². The lowest BCUT2D eigenvalue weighted by molar-refractivity contribution is -0.123. The molecule has 1 atom stereocenters. The van der Waals surface area contributed by atoms with Crippen LogP contribution in [0.1, 0.15) is 55.0 Å². The summed E-state index contributed by atoms with van der Waals surface area (Å²) < 4.78 is 11.1. The molecule has 4 heteroatoms. The average molecular weight is 355 g/mol. The molecule has 140 valence electrons. The third-order valence-corrected chi connectivity index (χ3v) is 4.44. The summed E-state index contributed by atoms with van der Waals surface area (Å²) in [6, 6.07) is 11.7. The van der Waals surface area contributed by atoms with Crippen LogP contribution >= 0.6 is 0 Å². The minimum atomic E-state index is -0.139. The molecule has 0 aliphatic carbocycles. The van der Waals surface area contributed by atoms with Gasteiger partial charge in [-0.3, -0.25) is 4.79 Å². The van der Waals surface area contributed by atoms with Crippen molar-refractivity contribution in [2.45, 2.75) is 46.6 Å². The van der Waals surface area contributed by atoms with Crippen LogP contribution in [0.5, 0.6) is 11.5 Å². The minimum absolute atomic E-state index is 0.0000331. The van der Waals surface area contributed by atoms with E-state index in [-0.39, 0.29) is 18.6 Å². The predicted molar refractivity (Wildman–Crippen MR) is 105 cm³/mol. The summed E-state index contributed by atoms with van der Waals surface area (Å²) in [5, 5.41) is 3.02. The van der Waals surface area contributed by atoms with Crippen molar-refractivity contribution in [1.82, 2.24) is 5.32 Å². The number of nitrogens with one attached hydrogen (secondary N) is 1. The normalized spacial score (nSPS) is 12.0. The molecule has 0 heterocycles. The van der Waals surface area contributed by atoms with Crippen molar-refractivity contribution < 1.29 is 14.3 Å². The zero-order valence-corrected chi connectivity index (χ0v) is 16.6. The first-order valence-electron chi connectivity index (χ1n) is 8.99. The van der Waals surface area contributed by atoms with E-state index in [0.29, 0.717) is 11.7 Å². The average Bonchev–Trinajstić information content (AvgIpc) is 2.59. The summed E-state index contributed by atoms with van der Waals surface area (Å²) in [5.41, 5.74) is 4.44. The number of benzene rings is 2. The molecule has 0 radical (unpaired) electrons. The molecule has 0 saturated heterocycles. The number of carbonyl (C=O) groups is 1. The monoisotopic (exact) mass is 355 g/mol. The second-order valence-corrected chi connectivity index (χ2v) is 7.00. The highest BCUT2D eigenvalue weighted by atomic mass is 16.5. The number of aryl methyl sites for hydroxylation is 2. The fourth-order valence-corrected chi connectivity index (χ4v) is 3.03. The van der Waals surface area contributed by atoms with E-state index < -0.39 is 0 Å². The summed E-state index contributed by atoms with van der Waals surface area (Å²) in [7, 11) is 1.69. The second-order valence-electron chi connectivity index (χ2n) is 7.00. The van der Waals surface area contributed by atoms with Gasteiger partial charge in [-0.2, -0.15) is 0 Å². The van der Waals surface area contributed by atoms with Crippen LogP contribution in [0.25, 0.3) is 0 Å². The number of hydrogen-bond acceptors (Lipinski definition) is 3. The second kappa shape index (κ2) is 8.75. The highest BCUT2D eigenvalue weighted by Crippen LogP contribution is 2.32. The molecule has 2 rings (SSSR count). The molecule has 26 heavy (non-hydrogen) atoms. The first-order valence-corrected chi connectivity index (χ1v) is 8.99. The van der Waals surface area contributed by atoms with E-state index in [4.69, 9.17) is 9.47 Å². The number of amides is 1. The topological polar surface area (TPSA) is 47.6 Å². The number of ether oxygens (including phenoxy) is 2. The number of rotatable bonds is 7. The lowest BCUT2D eigenvalue weighted by atomic mass is 9.93. The van der Waals surface area contributed by atoms with Gasteiger partial charge in [-0.05, 0) is 73.2 Å². The SMILES string of the molecule is COc1cc(C)c(C(C)NC(=O)COc2cccc(C)c2)cc1C(C)C. The van der Waals surface area contributed by atoms with Crippen LogP contribution in [-0.2, 0) is 4.79 Å². The van der Waals surface area contributed by atoms with Crippen molar-refractivity contribution in [2.24, 2.45) is 0 Å². The third-order valence-electron chi connectivity index (χ3n) is 4.44. The molecule has 0 aromatic heterocycles. The number of hydrogen-bond donors (Lipinski definition) is 1.